The molecule has 6 heteroatoms. The van der Waals surface area contributed by atoms with Crippen molar-refractivity contribution in [2.24, 2.45) is 0 Å². The van der Waals surface area contributed by atoms with E-state index in [9.17, 15) is 18.8 Å². The van der Waals surface area contributed by atoms with Crippen molar-refractivity contribution in [1.29, 1.82) is 0 Å². The van der Waals surface area contributed by atoms with Crippen molar-refractivity contribution in [2.75, 3.05) is 13.1 Å². The fourth-order valence-electron chi connectivity index (χ4n) is 1.84. The molecule has 0 heterocycles. The lowest BCUT2D eigenvalue weighted by Crippen LogP contribution is -2.26. The van der Waals surface area contributed by atoms with E-state index in [4.69, 9.17) is 0 Å². The number of rotatable bonds is 9. The topological polar surface area (TPSA) is 75.3 Å². The van der Waals surface area contributed by atoms with Gasteiger partial charge in [0.15, 0.2) is 5.78 Å². The summed E-state index contributed by atoms with van der Waals surface area (Å²) >= 11 is 0. The Balaban J connectivity index is 2.13. The standard InChI is InChI=1S/C16H21FN2O3/c1-12(20)18-10-2-3-11-19-16(22)9-8-15(21)13-4-6-14(17)7-5-13/h4-7H,2-3,8-11H2,1H3,(H,18,20)(H,19,22). The van der Waals surface area contributed by atoms with Crippen LogP contribution in [-0.2, 0) is 9.59 Å². The minimum Gasteiger partial charge on any atom is -0.356 e. The zero-order chi connectivity index (χ0) is 16.4. The van der Waals surface area contributed by atoms with Gasteiger partial charge in [-0.25, -0.2) is 4.39 Å². The third-order valence-electron chi connectivity index (χ3n) is 3.04. The predicted octanol–water partition coefficient (Wildman–Crippen LogP) is 1.82. The van der Waals surface area contributed by atoms with Crippen LogP contribution in [0.5, 0.6) is 0 Å². The van der Waals surface area contributed by atoms with Crippen LogP contribution in [0.1, 0.15) is 43.0 Å². The molecule has 1 aromatic rings. The molecule has 5 nitrogen and oxygen atoms in total. The monoisotopic (exact) mass is 308 g/mol. The number of nitrogens with one attached hydrogen (secondary N) is 2. The number of unbranched alkanes of at least 4 members (excludes halogenated alkanes) is 1. The number of amides is 2. The third kappa shape index (κ3) is 7.52. The van der Waals surface area contributed by atoms with Gasteiger partial charge < -0.3 is 10.6 Å². The highest BCUT2D eigenvalue weighted by Crippen LogP contribution is 2.07. The van der Waals surface area contributed by atoms with Gasteiger partial charge in [-0.3, -0.25) is 14.4 Å². The Morgan fingerprint density at radius 2 is 1.55 bits per heavy atom. The Morgan fingerprint density at radius 3 is 2.14 bits per heavy atom. The first-order valence-electron chi connectivity index (χ1n) is 7.29. The summed E-state index contributed by atoms with van der Waals surface area (Å²) < 4.78 is 12.7. The fraction of sp³-hybridized carbons (Fsp3) is 0.438. The van der Waals surface area contributed by atoms with Crippen molar-refractivity contribution in [3.63, 3.8) is 0 Å². The van der Waals surface area contributed by atoms with E-state index >= 15 is 0 Å². The van der Waals surface area contributed by atoms with Crippen LogP contribution in [0.25, 0.3) is 0 Å². The van der Waals surface area contributed by atoms with Crippen LogP contribution in [0.4, 0.5) is 4.39 Å². The van der Waals surface area contributed by atoms with Gasteiger partial charge in [-0.05, 0) is 37.1 Å². The van der Waals surface area contributed by atoms with Crippen molar-refractivity contribution in [3.8, 4) is 0 Å². The molecule has 0 saturated carbocycles. The SMILES string of the molecule is CC(=O)NCCCCNC(=O)CCC(=O)c1ccc(F)cc1. The second-order valence-corrected chi connectivity index (χ2v) is 4.97. The summed E-state index contributed by atoms with van der Waals surface area (Å²) in [5, 5.41) is 5.40. The molecule has 0 atom stereocenters. The number of halogens is 1. The molecule has 0 bridgehead atoms. The van der Waals surface area contributed by atoms with E-state index in [1.54, 1.807) is 0 Å². The minimum absolute atomic E-state index is 0.0664. The van der Waals surface area contributed by atoms with Crippen molar-refractivity contribution in [2.45, 2.75) is 32.6 Å². The highest BCUT2D eigenvalue weighted by molar-refractivity contribution is 5.97. The summed E-state index contributed by atoms with van der Waals surface area (Å²) in [6.07, 6.45) is 1.76. The van der Waals surface area contributed by atoms with Gasteiger partial charge in [0, 0.05) is 38.4 Å². The second-order valence-electron chi connectivity index (χ2n) is 4.97. The van der Waals surface area contributed by atoms with Crippen molar-refractivity contribution in [1.82, 2.24) is 10.6 Å². The molecule has 2 amide bonds. The van der Waals surface area contributed by atoms with Crippen molar-refractivity contribution >= 4 is 17.6 Å². The zero-order valence-electron chi connectivity index (χ0n) is 12.7. The predicted molar refractivity (Wildman–Crippen MR) is 80.9 cm³/mol. The Labute approximate surface area is 129 Å². The first-order chi connectivity index (χ1) is 10.5. The van der Waals surface area contributed by atoms with Crippen LogP contribution >= 0.6 is 0 Å². The van der Waals surface area contributed by atoms with Gasteiger partial charge >= 0.3 is 0 Å². The number of hydrogen-bond acceptors (Lipinski definition) is 3. The van der Waals surface area contributed by atoms with E-state index in [-0.39, 0.29) is 30.4 Å². The maximum atomic E-state index is 12.7. The number of benzene rings is 1. The van der Waals surface area contributed by atoms with Crippen LogP contribution in [0, 0.1) is 5.82 Å². The molecule has 0 spiro atoms. The molecule has 0 fully saturated rings. The summed E-state index contributed by atoms with van der Waals surface area (Å²) in [7, 11) is 0. The molecule has 1 aromatic carbocycles. The quantitative estimate of drug-likeness (QED) is 0.540. The number of ketones is 1. The van der Waals surface area contributed by atoms with Crippen molar-refractivity contribution in [3.05, 3.63) is 35.6 Å². The molecule has 0 aromatic heterocycles. The third-order valence-corrected chi connectivity index (χ3v) is 3.04. The first-order valence-corrected chi connectivity index (χ1v) is 7.29. The van der Waals surface area contributed by atoms with Gasteiger partial charge in [-0.15, -0.1) is 0 Å². The van der Waals surface area contributed by atoms with E-state index in [1.165, 1.54) is 31.2 Å². The highest BCUT2D eigenvalue weighted by Gasteiger charge is 2.09. The van der Waals surface area contributed by atoms with Gasteiger partial charge in [0.1, 0.15) is 5.82 Å². The van der Waals surface area contributed by atoms with Gasteiger partial charge in [-0.2, -0.15) is 0 Å². The summed E-state index contributed by atoms with van der Waals surface area (Å²) in [6, 6.07) is 5.28. The van der Waals surface area contributed by atoms with Gasteiger partial charge in [0.25, 0.3) is 0 Å². The number of carbonyl (C=O) groups is 3. The Morgan fingerprint density at radius 1 is 0.955 bits per heavy atom. The lowest BCUT2D eigenvalue weighted by Gasteiger charge is -2.05. The van der Waals surface area contributed by atoms with E-state index in [1.807, 2.05) is 0 Å². The fourth-order valence-corrected chi connectivity index (χ4v) is 1.84. The van der Waals surface area contributed by atoms with Crippen LogP contribution < -0.4 is 10.6 Å². The molecule has 0 aliphatic carbocycles. The Hall–Kier alpha value is -2.24. The van der Waals surface area contributed by atoms with Crippen LogP contribution in [0.3, 0.4) is 0 Å². The molecule has 22 heavy (non-hydrogen) atoms. The van der Waals surface area contributed by atoms with Crippen LogP contribution in [0.15, 0.2) is 24.3 Å². The molecule has 0 saturated heterocycles. The smallest absolute Gasteiger partial charge is 0.220 e. The van der Waals surface area contributed by atoms with E-state index in [0.717, 1.165) is 12.8 Å². The minimum atomic E-state index is -0.395. The number of carbonyl (C=O) groups excluding carboxylic acids is 3. The Bertz CT molecular complexity index is 515. The Kier molecular flexibility index (Phi) is 7.81. The molecular weight excluding hydrogens is 287 g/mol. The first kappa shape index (κ1) is 17.8. The van der Waals surface area contributed by atoms with E-state index < -0.39 is 5.82 Å². The molecule has 2 N–H and O–H groups in total. The lowest BCUT2D eigenvalue weighted by molar-refractivity contribution is -0.121. The lowest BCUT2D eigenvalue weighted by atomic mass is 10.1. The largest absolute Gasteiger partial charge is 0.356 e. The van der Waals surface area contributed by atoms with Crippen LogP contribution in [-0.4, -0.2) is 30.7 Å². The maximum absolute atomic E-state index is 12.7. The normalized spacial score (nSPS) is 10.1. The molecule has 0 aliphatic rings. The second kappa shape index (κ2) is 9.65. The van der Waals surface area contributed by atoms with Crippen molar-refractivity contribution < 1.29 is 18.8 Å². The van der Waals surface area contributed by atoms with Gasteiger partial charge in [-0.1, -0.05) is 0 Å². The molecule has 0 unspecified atom stereocenters. The summed E-state index contributed by atoms with van der Waals surface area (Å²) in [6.45, 7) is 2.57. The van der Waals surface area contributed by atoms with Gasteiger partial charge in [0.2, 0.25) is 11.8 Å². The summed E-state index contributed by atoms with van der Waals surface area (Å²) in [5.41, 5.74) is 0.407. The number of hydrogen-bond donors (Lipinski definition) is 2. The van der Waals surface area contributed by atoms with Gasteiger partial charge in [0.05, 0.1) is 0 Å². The molecule has 0 aliphatic heterocycles. The van der Waals surface area contributed by atoms with E-state index in [0.29, 0.717) is 18.7 Å². The van der Waals surface area contributed by atoms with Crippen LogP contribution in [0.2, 0.25) is 0 Å². The molecule has 120 valence electrons. The van der Waals surface area contributed by atoms with E-state index in [2.05, 4.69) is 10.6 Å². The molecule has 0 radical (unpaired) electrons. The molecule has 1 rings (SSSR count). The maximum Gasteiger partial charge on any atom is 0.220 e. The summed E-state index contributed by atoms with van der Waals surface area (Å²) in [5.74, 6) is -0.826. The summed E-state index contributed by atoms with van der Waals surface area (Å²) in [4.78, 5) is 34.0. The zero-order valence-corrected chi connectivity index (χ0v) is 12.7. The molecular formula is C16H21FN2O3. The highest BCUT2D eigenvalue weighted by atomic mass is 19.1. The number of Topliss-reactive ketones (excluding diaryl/α,β-unsaturated/α-hetero) is 1. The average Bonchev–Trinajstić information content (AvgIpc) is 2.48. The average molecular weight is 308 g/mol.